The predicted octanol–water partition coefficient (Wildman–Crippen LogP) is 4.69. The standard InChI is InChI=1S/C20H20ClN3O3S2/c1-13-5-8-17-18(11-13)28-20(22-17)23-19(25)15-12-14(6-7-16(15)21)29(26,27)24-9-3-2-4-10-24/h5-8,11-12H,2-4,9-10H2,1H3,(H,22,23,25). The van der Waals surface area contributed by atoms with Gasteiger partial charge < -0.3 is 0 Å². The summed E-state index contributed by atoms with van der Waals surface area (Å²) in [6.45, 7) is 2.99. The molecule has 152 valence electrons. The molecule has 0 aliphatic carbocycles. The van der Waals surface area contributed by atoms with Crippen molar-refractivity contribution in [2.75, 3.05) is 18.4 Å². The Labute approximate surface area is 178 Å². The van der Waals surface area contributed by atoms with Gasteiger partial charge in [-0.3, -0.25) is 10.1 Å². The molecule has 4 rings (SSSR count). The number of nitrogens with zero attached hydrogens (tertiary/aromatic N) is 2. The van der Waals surface area contributed by atoms with Gasteiger partial charge in [0.15, 0.2) is 5.13 Å². The lowest BCUT2D eigenvalue weighted by molar-refractivity contribution is 0.102. The summed E-state index contributed by atoms with van der Waals surface area (Å²) in [6.07, 6.45) is 2.72. The van der Waals surface area contributed by atoms with E-state index in [1.54, 1.807) is 0 Å². The Balaban J connectivity index is 1.61. The minimum Gasteiger partial charge on any atom is -0.298 e. The lowest BCUT2D eigenvalue weighted by Crippen LogP contribution is -2.35. The monoisotopic (exact) mass is 449 g/mol. The molecule has 1 fully saturated rings. The first-order valence-electron chi connectivity index (χ1n) is 9.33. The number of hydrogen-bond donors (Lipinski definition) is 1. The van der Waals surface area contributed by atoms with Crippen LogP contribution in [0.4, 0.5) is 5.13 Å². The highest BCUT2D eigenvalue weighted by atomic mass is 35.5. The maximum absolute atomic E-state index is 12.9. The number of sulfonamides is 1. The normalized spacial score (nSPS) is 15.5. The molecule has 0 unspecified atom stereocenters. The highest BCUT2D eigenvalue weighted by Crippen LogP contribution is 2.29. The number of benzene rings is 2. The third-order valence-electron chi connectivity index (χ3n) is 4.90. The van der Waals surface area contributed by atoms with Crippen LogP contribution in [0.5, 0.6) is 0 Å². The van der Waals surface area contributed by atoms with E-state index in [1.165, 1.54) is 33.8 Å². The Morgan fingerprint density at radius 1 is 1.14 bits per heavy atom. The molecule has 29 heavy (non-hydrogen) atoms. The van der Waals surface area contributed by atoms with Gasteiger partial charge in [0.1, 0.15) is 0 Å². The Bertz CT molecular complexity index is 1180. The average molecular weight is 450 g/mol. The molecule has 6 nitrogen and oxygen atoms in total. The van der Waals surface area contributed by atoms with E-state index < -0.39 is 15.9 Å². The van der Waals surface area contributed by atoms with E-state index in [0.717, 1.165) is 35.0 Å². The average Bonchev–Trinajstić information content (AvgIpc) is 3.10. The summed E-state index contributed by atoms with van der Waals surface area (Å²) in [5.41, 5.74) is 2.02. The first-order valence-corrected chi connectivity index (χ1v) is 12.0. The third-order valence-corrected chi connectivity index (χ3v) is 8.06. The van der Waals surface area contributed by atoms with Crippen molar-refractivity contribution in [1.29, 1.82) is 0 Å². The van der Waals surface area contributed by atoms with Crippen LogP contribution in [0.2, 0.25) is 5.02 Å². The number of amides is 1. The van der Waals surface area contributed by atoms with Crippen molar-refractivity contribution in [2.24, 2.45) is 0 Å². The number of carbonyl (C=O) groups excluding carboxylic acids is 1. The number of anilines is 1. The summed E-state index contributed by atoms with van der Waals surface area (Å²) in [6, 6.07) is 10.1. The van der Waals surface area contributed by atoms with Crippen molar-refractivity contribution in [2.45, 2.75) is 31.1 Å². The molecule has 0 spiro atoms. The molecule has 0 bridgehead atoms. The lowest BCUT2D eigenvalue weighted by atomic mass is 10.2. The smallest absolute Gasteiger partial charge is 0.259 e. The number of fused-ring (bicyclic) bond motifs is 1. The molecule has 1 saturated heterocycles. The second-order valence-electron chi connectivity index (χ2n) is 7.05. The van der Waals surface area contributed by atoms with Gasteiger partial charge in [0, 0.05) is 13.1 Å². The fourth-order valence-electron chi connectivity index (χ4n) is 3.34. The van der Waals surface area contributed by atoms with Crippen LogP contribution in [0.3, 0.4) is 0 Å². The number of carbonyl (C=O) groups is 1. The molecule has 2 heterocycles. The van der Waals surface area contributed by atoms with Crippen molar-refractivity contribution >= 4 is 54.2 Å². The van der Waals surface area contributed by atoms with Crippen LogP contribution in [0.1, 0.15) is 35.2 Å². The SMILES string of the molecule is Cc1ccc2nc(NC(=O)c3cc(S(=O)(=O)N4CCCCC4)ccc3Cl)sc2c1. The Hall–Kier alpha value is -2.00. The molecule has 1 amide bonds. The van der Waals surface area contributed by atoms with Crippen LogP contribution in [0.25, 0.3) is 10.2 Å². The number of nitrogens with one attached hydrogen (secondary N) is 1. The zero-order valence-electron chi connectivity index (χ0n) is 15.8. The Morgan fingerprint density at radius 2 is 1.90 bits per heavy atom. The molecule has 3 aromatic rings. The van der Waals surface area contributed by atoms with Crippen molar-refractivity contribution in [1.82, 2.24) is 9.29 Å². The van der Waals surface area contributed by atoms with E-state index >= 15 is 0 Å². The molecule has 1 aromatic heterocycles. The maximum atomic E-state index is 12.9. The van der Waals surface area contributed by atoms with E-state index in [0.29, 0.717) is 18.2 Å². The summed E-state index contributed by atoms with van der Waals surface area (Å²) in [5, 5.41) is 3.37. The van der Waals surface area contributed by atoms with E-state index in [4.69, 9.17) is 11.6 Å². The quantitative estimate of drug-likeness (QED) is 0.626. The fourth-order valence-corrected chi connectivity index (χ4v) is 6.05. The Morgan fingerprint density at radius 3 is 2.66 bits per heavy atom. The molecule has 0 radical (unpaired) electrons. The highest BCUT2D eigenvalue weighted by molar-refractivity contribution is 7.89. The zero-order chi connectivity index (χ0) is 20.6. The largest absolute Gasteiger partial charge is 0.298 e. The van der Waals surface area contributed by atoms with Crippen molar-refractivity contribution in [3.8, 4) is 0 Å². The summed E-state index contributed by atoms with van der Waals surface area (Å²) < 4.78 is 28.3. The van der Waals surface area contributed by atoms with Crippen LogP contribution in [-0.2, 0) is 10.0 Å². The topological polar surface area (TPSA) is 79.4 Å². The highest BCUT2D eigenvalue weighted by Gasteiger charge is 2.27. The van der Waals surface area contributed by atoms with Gasteiger partial charge in [-0.25, -0.2) is 13.4 Å². The van der Waals surface area contributed by atoms with Crippen LogP contribution >= 0.6 is 22.9 Å². The van der Waals surface area contributed by atoms with Gasteiger partial charge in [-0.15, -0.1) is 0 Å². The van der Waals surface area contributed by atoms with Gasteiger partial charge in [-0.05, 0) is 55.7 Å². The van der Waals surface area contributed by atoms with Crippen LogP contribution in [-0.4, -0.2) is 36.7 Å². The van der Waals surface area contributed by atoms with Gasteiger partial charge >= 0.3 is 0 Å². The van der Waals surface area contributed by atoms with Crippen LogP contribution in [0, 0.1) is 6.92 Å². The second kappa shape index (κ2) is 8.02. The fraction of sp³-hybridized carbons (Fsp3) is 0.300. The number of halogens is 1. The summed E-state index contributed by atoms with van der Waals surface area (Å²) in [4.78, 5) is 17.3. The zero-order valence-corrected chi connectivity index (χ0v) is 18.2. The van der Waals surface area contributed by atoms with Gasteiger partial charge in [0.05, 0.1) is 25.7 Å². The summed E-state index contributed by atoms with van der Waals surface area (Å²) in [7, 11) is -3.65. The van der Waals surface area contributed by atoms with E-state index in [2.05, 4.69) is 10.3 Å². The number of aromatic nitrogens is 1. The minimum absolute atomic E-state index is 0.0777. The summed E-state index contributed by atoms with van der Waals surface area (Å²) in [5.74, 6) is -0.485. The van der Waals surface area contributed by atoms with E-state index in [-0.39, 0.29) is 15.5 Å². The Kier molecular flexibility index (Phi) is 5.61. The maximum Gasteiger partial charge on any atom is 0.259 e. The molecule has 1 aliphatic rings. The van der Waals surface area contributed by atoms with Gasteiger partial charge in [-0.1, -0.05) is 35.4 Å². The van der Waals surface area contributed by atoms with Crippen molar-refractivity contribution in [3.05, 3.63) is 52.5 Å². The number of rotatable bonds is 4. The van der Waals surface area contributed by atoms with Crippen molar-refractivity contribution < 1.29 is 13.2 Å². The second-order valence-corrected chi connectivity index (χ2v) is 10.4. The van der Waals surface area contributed by atoms with Gasteiger partial charge in [0.2, 0.25) is 10.0 Å². The predicted molar refractivity (Wildman–Crippen MR) is 116 cm³/mol. The van der Waals surface area contributed by atoms with E-state index in [9.17, 15) is 13.2 Å². The van der Waals surface area contributed by atoms with E-state index in [1.807, 2.05) is 25.1 Å². The van der Waals surface area contributed by atoms with Crippen LogP contribution < -0.4 is 5.32 Å². The molecule has 0 atom stereocenters. The molecule has 1 N–H and O–H groups in total. The molecule has 1 aliphatic heterocycles. The molecule has 9 heteroatoms. The van der Waals surface area contributed by atoms with Crippen LogP contribution in [0.15, 0.2) is 41.3 Å². The number of aryl methyl sites for hydroxylation is 1. The van der Waals surface area contributed by atoms with Crippen molar-refractivity contribution in [3.63, 3.8) is 0 Å². The molecule has 0 saturated carbocycles. The molecular weight excluding hydrogens is 430 g/mol. The molecule has 2 aromatic carbocycles. The first-order chi connectivity index (χ1) is 13.8. The third kappa shape index (κ3) is 4.16. The first kappa shape index (κ1) is 20.3. The molecular formula is C20H20ClN3O3S2. The number of piperidine rings is 1. The lowest BCUT2D eigenvalue weighted by Gasteiger charge is -2.26. The number of thiazole rings is 1. The summed E-state index contributed by atoms with van der Waals surface area (Å²) >= 11 is 7.57. The van der Waals surface area contributed by atoms with Gasteiger partial charge in [0.25, 0.3) is 5.91 Å². The minimum atomic E-state index is -3.65. The number of hydrogen-bond acceptors (Lipinski definition) is 5. The van der Waals surface area contributed by atoms with Gasteiger partial charge in [-0.2, -0.15) is 4.31 Å².